The number of ether oxygens (including phenoxy) is 3. The smallest absolute Gasteiger partial charge is 0.306 e. The average molecular weight is 913 g/mol. The monoisotopic (exact) mass is 913 g/mol. The Labute approximate surface area is 405 Å². The first-order chi connectivity index (χ1) is 32.5. The number of carbonyl (C=O) groups excluding carboxylic acids is 3. The molecule has 0 aromatic carbocycles. The first-order valence-corrected chi connectivity index (χ1v) is 26.5. The molecule has 0 bridgehead atoms. The number of allylic oxidation sites excluding steroid dienone is 20. The minimum absolute atomic E-state index is 0.113. The molecule has 0 spiro atoms. The Morgan fingerprint density at radius 2 is 0.606 bits per heavy atom. The third-order valence-corrected chi connectivity index (χ3v) is 10.7. The fourth-order valence-electron chi connectivity index (χ4n) is 6.80. The molecule has 0 N–H and O–H groups in total. The van der Waals surface area contributed by atoms with Gasteiger partial charge in [-0.3, -0.25) is 14.4 Å². The Hall–Kier alpha value is -4.19. The summed E-state index contributed by atoms with van der Waals surface area (Å²) in [5.41, 5.74) is 0. The van der Waals surface area contributed by atoms with E-state index in [1.165, 1.54) is 57.8 Å². The van der Waals surface area contributed by atoms with Crippen molar-refractivity contribution in [2.45, 2.75) is 226 Å². The van der Waals surface area contributed by atoms with Gasteiger partial charge in [-0.15, -0.1) is 0 Å². The van der Waals surface area contributed by atoms with Crippen molar-refractivity contribution in [2.75, 3.05) is 13.2 Å². The molecule has 6 heteroatoms. The van der Waals surface area contributed by atoms with Crippen LogP contribution in [0, 0.1) is 0 Å². The Morgan fingerprint density at radius 1 is 0.318 bits per heavy atom. The second-order valence-corrected chi connectivity index (χ2v) is 17.0. The van der Waals surface area contributed by atoms with Gasteiger partial charge in [0.2, 0.25) is 0 Å². The van der Waals surface area contributed by atoms with E-state index in [2.05, 4.69) is 142 Å². The number of esters is 3. The maximum absolute atomic E-state index is 12.8. The molecule has 66 heavy (non-hydrogen) atoms. The van der Waals surface area contributed by atoms with Crippen LogP contribution in [-0.4, -0.2) is 37.2 Å². The summed E-state index contributed by atoms with van der Waals surface area (Å²) in [5.74, 6) is -1.01. The molecule has 0 heterocycles. The molecule has 0 aliphatic heterocycles. The van der Waals surface area contributed by atoms with Gasteiger partial charge in [-0.05, 0) is 103 Å². The van der Waals surface area contributed by atoms with E-state index in [9.17, 15) is 14.4 Å². The maximum atomic E-state index is 12.8. The van der Waals surface area contributed by atoms with Crippen LogP contribution in [-0.2, 0) is 28.6 Å². The number of rotatable bonds is 46. The highest BCUT2D eigenvalue weighted by Gasteiger charge is 2.19. The molecule has 0 aliphatic rings. The van der Waals surface area contributed by atoms with Crippen molar-refractivity contribution in [1.29, 1.82) is 0 Å². The summed E-state index contributed by atoms with van der Waals surface area (Å²) in [5, 5.41) is 0. The van der Waals surface area contributed by atoms with Crippen LogP contribution in [0.15, 0.2) is 122 Å². The molecular formula is C60H96O6. The summed E-state index contributed by atoms with van der Waals surface area (Å²) in [7, 11) is 0. The number of carbonyl (C=O) groups is 3. The normalized spacial score (nSPS) is 13.1. The third kappa shape index (κ3) is 50.8. The Bertz CT molecular complexity index is 1420. The number of unbranched alkanes of at least 4 members (excludes halogenated alkanes) is 15. The lowest BCUT2D eigenvalue weighted by Crippen LogP contribution is -2.30. The molecule has 0 unspecified atom stereocenters. The van der Waals surface area contributed by atoms with Crippen molar-refractivity contribution in [3.8, 4) is 0 Å². The lowest BCUT2D eigenvalue weighted by atomic mass is 10.0. The molecule has 0 saturated heterocycles. The van der Waals surface area contributed by atoms with Crippen LogP contribution in [0.1, 0.15) is 220 Å². The fraction of sp³-hybridized carbons (Fsp3) is 0.617. The highest BCUT2D eigenvalue weighted by atomic mass is 16.6. The third-order valence-electron chi connectivity index (χ3n) is 10.7. The number of hydrogen-bond acceptors (Lipinski definition) is 6. The molecular weight excluding hydrogens is 817 g/mol. The van der Waals surface area contributed by atoms with Crippen LogP contribution in [0.3, 0.4) is 0 Å². The molecule has 372 valence electrons. The Balaban J connectivity index is 4.54. The van der Waals surface area contributed by atoms with E-state index in [0.29, 0.717) is 19.3 Å². The van der Waals surface area contributed by atoms with Crippen LogP contribution in [0.25, 0.3) is 0 Å². The van der Waals surface area contributed by atoms with E-state index in [4.69, 9.17) is 14.2 Å². The van der Waals surface area contributed by atoms with Gasteiger partial charge in [-0.25, -0.2) is 0 Å². The van der Waals surface area contributed by atoms with E-state index in [1.807, 2.05) is 0 Å². The van der Waals surface area contributed by atoms with Gasteiger partial charge in [0.05, 0.1) is 0 Å². The molecule has 0 radical (unpaired) electrons. The fourth-order valence-corrected chi connectivity index (χ4v) is 6.80. The van der Waals surface area contributed by atoms with E-state index in [0.717, 1.165) is 116 Å². The van der Waals surface area contributed by atoms with Crippen LogP contribution in [0.5, 0.6) is 0 Å². The van der Waals surface area contributed by atoms with Crippen LogP contribution < -0.4 is 0 Å². The van der Waals surface area contributed by atoms with E-state index >= 15 is 0 Å². The average Bonchev–Trinajstić information content (AvgIpc) is 3.31. The first-order valence-electron chi connectivity index (χ1n) is 26.5. The summed E-state index contributed by atoms with van der Waals surface area (Å²) in [6, 6.07) is 0. The summed E-state index contributed by atoms with van der Waals surface area (Å²) < 4.78 is 16.7. The molecule has 0 saturated carbocycles. The van der Waals surface area contributed by atoms with Crippen LogP contribution >= 0.6 is 0 Å². The standard InChI is InChI=1S/C60H96O6/c1-4-7-10-13-16-19-22-25-27-29-30-32-33-35-38-41-44-47-50-53-59(62)65-56-57(55-64-58(61)52-49-46-43-40-37-24-21-18-15-12-9-6-3)66-60(63)54-51-48-45-42-39-36-34-31-28-26-23-20-17-14-11-8-5-2/h7-8,10-11,16-17,19-20,25-28,30,32,34-36,38,42,45,57H,4-6,9,12-15,18,21-24,29,31,33,37,39-41,43-44,46-56H2,1-3H3/b10-7-,11-8-,19-16-,20-17-,27-25-,28-26-,32-30-,36-34-,38-35-,45-42-/t57-/m1/s1. The molecule has 0 aromatic rings. The van der Waals surface area contributed by atoms with E-state index in [1.54, 1.807) is 0 Å². The second kappa shape index (κ2) is 53.4. The molecule has 6 nitrogen and oxygen atoms in total. The highest BCUT2D eigenvalue weighted by Crippen LogP contribution is 2.14. The lowest BCUT2D eigenvalue weighted by molar-refractivity contribution is -0.167. The summed E-state index contributed by atoms with van der Waals surface area (Å²) in [4.78, 5) is 38.0. The molecule has 0 amide bonds. The Morgan fingerprint density at radius 3 is 0.970 bits per heavy atom. The topological polar surface area (TPSA) is 78.9 Å². The van der Waals surface area contributed by atoms with Gasteiger partial charge >= 0.3 is 17.9 Å². The number of hydrogen-bond donors (Lipinski definition) is 0. The SMILES string of the molecule is CC/C=C\C/C=C\C/C=C\C/C=C\C/C=C\CCCCCC(=O)OC[C@@H](COC(=O)CCCCCCCCCCCCCC)OC(=O)CCC/C=C\C/C=C\C/C=C\C/C=C\C/C=C\CC. The minimum atomic E-state index is -0.823. The molecule has 0 fully saturated rings. The zero-order valence-corrected chi connectivity index (χ0v) is 42.4. The second-order valence-electron chi connectivity index (χ2n) is 17.0. The minimum Gasteiger partial charge on any atom is -0.462 e. The van der Waals surface area contributed by atoms with Crippen molar-refractivity contribution in [3.63, 3.8) is 0 Å². The van der Waals surface area contributed by atoms with Gasteiger partial charge in [0.25, 0.3) is 0 Å². The zero-order valence-electron chi connectivity index (χ0n) is 42.4. The lowest BCUT2D eigenvalue weighted by Gasteiger charge is -2.18. The molecule has 0 aliphatic carbocycles. The van der Waals surface area contributed by atoms with Crippen molar-refractivity contribution >= 4 is 17.9 Å². The van der Waals surface area contributed by atoms with Crippen molar-refractivity contribution in [2.24, 2.45) is 0 Å². The van der Waals surface area contributed by atoms with Gasteiger partial charge in [-0.2, -0.15) is 0 Å². The first kappa shape index (κ1) is 61.8. The zero-order chi connectivity index (χ0) is 47.9. The van der Waals surface area contributed by atoms with Crippen molar-refractivity contribution in [1.82, 2.24) is 0 Å². The van der Waals surface area contributed by atoms with E-state index in [-0.39, 0.29) is 37.5 Å². The molecule has 1 atom stereocenters. The van der Waals surface area contributed by atoms with Gasteiger partial charge in [0.1, 0.15) is 13.2 Å². The van der Waals surface area contributed by atoms with Crippen LogP contribution in [0.2, 0.25) is 0 Å². The van der Waals surface area contributed by atoms with Gasteiger partial charge in [0.15, 0.2) is 6.10 Å². The summed E-state index contributed by atoms with van der Waals surface area (Å²) in [6.45, 7) is 6.32. The van der Waals surface area contributed by atoms with Gasteiger partial charge < -0.3 is 14.2 Å². The largest absolute Gasteiger partial charge is 0.462 e. The van der Waals surface area contributed by atoms with E-state index < -0.39 is 6.10 Å². The van der Waals surface area contributed by atoms with Gasteiger partial charge in [-0.1, -0.05) is 219 Å². The Kier molecular flexibility index (Phi) is 50.0. The summed E-state index contributed by atoms with van der Waals surface area (Å²) >= 11 is 0. The van der Waals surface area contributed by atoms with Crippen molar-refractivity contribution < 1.29 is 28.6 Å². The van der Waals surface area contributed by atoms with Crippen molar-refractivity contribution in [3.05, 3.63) is 122 Å². The molecule has 0 rings (SSSR count). The van der Waals surface area contributed by atoms with Gasteiger partial charge in [0, 0.05) is 19.3 Å². The predicted molar refractivity (Wildman–Crippen MR) is 283 cm³/mol. The highest BCUT2D eigenvalue weighted by molar-refractivity contribution is 5.71. The quantitative estimate of drug-likeness (QED) is 0.0262. The molecule has 0 aromatic heterocycles. The summed E-state index contributed by atoms with van der Waals surface area (Å²) in [6.07, 6.45) is 73.3. The van der Waals surface area contributed by atoms with Crippen LogP contribution in [0.4, 0.5) is 0 Å². The maximum Gasteiger partial charge on any atom is 0.306 e. The predicted octanol–water partition coefficient (Wildman–Crippen LogP) is 17.7.